The fraction of sp³-hybridized carbons (Fsp3) is 0.303. The normalized spacial score (nSPS) is 18.2. The predicted octanol–water partition coefficient (Wildman–Crippen LogP) is 4.54. The molecule has 1 saturated carbocycles. The molecule has 44 heavy (non-hydrogen) atoms. The SMILES string of the molecule is CN(C1CCN(c2cccc(-c3ccc4nc(-c5cccnc5N)n(-c5ccc(C6(N)CCC6)cc5)c4n3)c2)C1)S(C)(=O)=O. The maximum absolute atomic E-state index is 12.1. The lowest BCUT2D eigenvalue weighted by Gasteiger charge is -2.38. The highest BCUT2D eigenvalue weighted by atomic mass is 32.2. The Labute approximate surface area is 257 Å². The van der Waals surface area contributed by atoms with Gasteiger partial charge in [0.1, 0.15) is 11.3 Å². The summed E-state index contributed by atoms with van der Waals surface area (Å²) in [5.74, 6) is 1.07. The number of likely N-dealkylation sites (N-methyl/N-ethyl adjacent to an activating group) is 1. The lowest BCUT2D eigenvalue weighted by molar-refractivity contribution is 0.253. The van der Waals surface area contributed by atoms with E-state index < -0.39 is 10.0 Å². The molecule has 2 aromatic carbocycles. The molecule has 0 radical (unpaired) electrons. The molecule has 3 aromatic heterocycles. The summed E-state index contributed by atoms with van der Waals surface area (Å²) in [6.45, 7) is 1.42. The van der Waals surface area contributed by atoms with Crippen LogP contribution in [0, 0.1) is 0 Å². The second kappa shape index (κ2) is 10.7. The highest BCUT2D eigenvalue weighted by Gasteiger charge is 2.34. The summed E-state index contributed by atoms with van der Waals surface area (Å²) < 4.78 is 27.7. The number of nitrogen functional groups attached to an aromatic ring is 1. The van der Waals surface area contributed by atoms with Gasteiger partial charge in [-0.15, -0.1) is 0 Å². The van der Waals surface area contributed by atoms with Gasteiger partial charge in [0.05, 0.1) is 17.5 Å². The maximum Gasteiger partial charge on any atom is 0.211 e. The number of pyridine rings is 2. The average Bonchev–Trinajstić information content (AvgIpc) is 3.65. The molecule has 10 nitrogen and oxygen atoms in total. The Morgan fingerprint density at radius 3 is 2.48 bits per heavy atom. The van der Waals surface area contributed by atoms with Crippen molar-refractivity contribution in [3.63, 3.8) is 0 Å². The molecule has 1 unspecified atom stereocenters. The van der Waals surface area contributed by atoms with E-state index in [1.54, 1.807) is 13.2 Å². The van der Waals surface area contributed by atoms with E-state index in [0.717, 1.165) is 71.5 Å². The van der Waals surface area contributed by atoms with Crippen molar-refractivity contribution in [1.29, 1.82) is 0 Å². The highest BCUT2D eigenvalue weighted by Crippen LogP contribution is 2.39. The van der Waals surface area contributed by atoms with Gasteiger partial charge in [0, 0.05) is 54.9 Å². The van der Waals surface area contributed by atoms with Crippen molar-refractivity contribution in [2.45, 2.75) is 37.3 Å². The zero-order chi connectivity index (χ0) is 30.6. The fourth-order valence-electron chi connectivity index (χ4n) is 6.34. The van der Waals surface area contributed by atoms with Crippen LogP contribution in [0.5, 0.6) is 0 Å². The quantitative estimate of drug-likeness (QED) is 0.275. The van der Waals surface area contributed by atoms with Crippen molar-refractivity contribution in [3.05, 3.63) is 84.6 Å². The molecular weight excluding hydrogens is 572 g/mol. The summed E-state index contributed by atoms with van der Waals surface area (Å²) in [6, 6.07) is 24.3. The van der Waals surface area contributed by atoms with Gasteiger partial charge in [-0.1, -0.05) is 24.3 Å². The summed E-state index contributed by atoms with van der Waals surface area (Å²) in [5, 5.41) is 0. The van der Waals surface area contributed by atoms with Crippen molar-refractivity contribution in [3.8, 4) is 28.3 Å². The van der Waals surface area contributed by atoms with Crippen LogP contribution in [0.15, 0.2) is 79.0 Å². The largest absolute Gasteiger partial charge is 0.383 e. The van der Waals surface area contributed by atoms with Gasteiger partial charge in [-0.2, -0.15) is 0 Å². The summed E-state index contributed by atoms with van der Waals surface area (Å²) >= 11 is 0. The van der Waals surface area contributed by atoms with Crippen LogP contribution in [-0.4, -0.2) is 64.7 Å². The van der Waals surface area contributed by atoms with Crippen molar-refractivity contribution in [2.24, 2.45) is 5.73 Å². The topological polar surface area (TPSA) is 136 Å². The summed E-state index contributed by atoms with van der Waals surface area (Å²) in [6.07, 6.45) is 6.85. The third-order valence-corrected chi connectivity index (χ3v) is 10.6. The number of hydrogen-bond acceptors (Lipinski definition) is 8. The number of sulfonamides is 1. The van der Waals surface area contributed by atoms with Crippen LogP contribution in [0.3, 0.4) is 0 Å². The van der Waals surface area contributed by atoms with Crippen molar-refractivity contribution in [2.75, 3.05) is 37.0 Å². The molecule has 2 fully saturated rings. The van der Waals surface area contributed by atoms with Gasteiger partial charge in [0.15, 0.2) is 11.5 Å². The van der Waals surface area contributed by atoms with Gasteiger partial charge >= 0.3 is 0 Å². The Hall–Kier alpha value is -4.32. The molecule has 226 valence electrons. The van der Waals surface area contributed by atoms with Gasteiger partial charge in [-0.05, 0) is 79.8 Å². The van der Waals surface area contributed by atoms with Gasteiger partial charge < -0.3 is 16.4 Å². The maximum atomic E-state index is 12.1. The minimum absolute atomic E-state index is 0.0550. The number of aromatic nitrogens is 4. The molecule has 4 heterocycles. The fourth-order valence-corrected chi connectivity index (χ4v) is 7.06. The molecule has 0 amide bonds. The number of nitrogens with zero attached hydrogens (tertiary/aromatic N) is 6. The van der Waals surface area contributed by atoms with E-state index in [4.69, 9.17) is 21.4 Å². The minimum atomic E-state index is -3.25. The molecule has 0 spiro atoms. The van der Waals surface area contributed by atoms with Gasteiger partial charge in [0.25, 0.3) is 0 Å². The molecule has 5 aromatic rings. The van der Waals surface area contributed by atoms with E-state index in [-0.39, 0.29) is 11.6 Å². The van der Waals surface area contributed by atoms with Crippen LogP contribution in [0.1, 0.15) is 31.2 Å². The molecule has 1 aliphatic heterocycles. The van der Waals surface area contributed by atoms with Crippen molar-refractivity contribution in [1.82, 2.24) is 23.8 Å². The first-order valence-electron chi connectivity index (χ1n) is 14.9. The molecular formula is C33H36N8O2S. The third kappa shape index (κ3) is 5.00. The molecule has 7 rings (SSSR count). The Balaban J connectivity index is 1.29. The summed E-state index contributed by atoms with van der Waals surface area (Å²) in [4.78, 5) is 16.7. The average molecular weight is 609 g/mol. The zero-order valence-electron chi connectivity index (χ0n) is 24.9. The number of benzene rings is 2. The number of hydrogen-bond donors (Lipinski definition) is 2. The number of nitrogens with two attached hydrogens (primary N) is 2. The summed E-state index contributed by atoms with van der Waals surface area (Å²) in [5.41, 5.74) is 19.7. The summed E-state index contributed by atoms with van der Waals surface area (Å²) in [7, 11) is -1.59. The minimum Gasteiger partial charge on any atom is -0.383 e. The molecule has 0 bridgehead atoms. The van der Waals surface area contributed by atoms with Crippen molar-refractivity contribution >= 4 is 32.7 Å². The van der Waals surface area contributed by atoms with Gasteiger partial charge in [0.2, 0.25) is 10.0 Å². The van der Waals surface area contributed by atoms with Crippen LogP contribution in [0.4, 0.5) is 11.5 Å². The molecule has 4 N–H and O–H groups in total. The Kier molecular flexibility index (Phi) is 6.91. The van der Waals surface area contributed by atoms with Crippen LogP contribution < -0.4 is 16.4 Å². The molecule has 1 saturated heterocycles. The lowest BCUT2D eigenvalue weighted by Crippen LogP contribution is -2.43. The number of fused-ring (bicyclic) bond motifs is 1. The van der Waals surface area contributed by atoms with Gasteiger partial charge in [-0.25, -0.2) is 27.7 Å². The van der Waals surface area contributed by atoms with E-state index in [1.807, 2.05) is 41.0 Å². The first-order valence-corrected chi connectivity index (χ1v) is 16.7. The molecule has 11 heteroatoms. The Bertz CT molecular complexity index is 1970. The predicted molar refractivity (Wildman–Crippen MR) is 175 cm³/mol. The first kappa shape index (κ1) is 28.5. The Morgan fingerprint density at radius 2 is 1.77 bits per heavy atom. The molecule has 2 aliphatic rings. The van der Waals surface area contributed by atoms with E-state index in [2.05, 4.69) is 46.3 Å². The first-order chi connectivity index (χ1) is 21.1. The van der Waals surface area contributed by atoms with Crippen molar-refractivity contribution < 1.29 is 8.42 Å². The van der Waals surface area contributed by atoms with Gasteiger partial charge in [-0.3, -0.25) is 4.57 Å². The number of rotatable bonds is 7. The standard InChI is InChI=1S/C33H36N8O2S/c1-39(44(2,42)43)26-15-19-40(21-26)25-7-3-6-22(20-25)28-13-14-29-32(37-28)41(31(38-29)27-8-4-18-36-30(27)34)24-11-9-23(10-12-24)33(35)16-5-17-33/h3-4,6-14,18,20,26H,5,15-17,19,21,35H2,1-2H3,(H2,34,36). The third-order valence-electron chi connectivity index (χ3n) is 9.24. The van der Waals surface area contributed by atoms with Crippen LogP contribution in [0.2, 0.25) is 0 Å². The van der Waals surface area contributed by atoms with Crippen LogP contribution >= 0.6 is 0 Å². The van der Waals surface area contributed by atoms with E-state index in [1.165, 1.54) is 10.6 Å². The Morgan fingerprint density at radius 1 is 0.977 bits per heavy atom. The van der Waals surface area contributed by atoms with Crippen LogP contribution in [-0.2, 0) is 15.6 Å². The second-order valence-electron chi connectivity index (χ2n) is 12.0. The highest BCUT2D eigenvalue weighted by molar-refractivity contribution is 7.88. The number of imidazole rings is 1. The van der Waals surface area contributed by atoms with Crippen LogP contribution in [0.25, 0.3) is 39.5 Å². The second-order valence-corrected chi connectivity index (χ2v) is 14.1. The smallest absolute Gasteiger partial charge is 0.211 e. The zero-order valence-corrected chi connectivity index (χ0v) is 25.7. The van der Waals surface area contributed by atoms with E-state index in [0.29, 0.717) is 23.8 Å². The monoisotopic (exact) mass is 608 g/mol. The molecule has 1 aliphatic carbocycles. The van der Waals surface area contributed by atoms with E-state index in [9.17, 15) is 8.42 Å². The number of anilines is 2. The lowest BCUT2D eigenvalue weighted by atomic mass is 9.73. The molecule has 1 atom stereocenters. The van der Waals surface area contributed by atoms with E-state index >= 15 is 0 Å².